The molecule has 2 N–H and O–H groups in total. The summed E-state index contributed by atoms with van der Waals surface area (Å²) in [6.07, 6.45) is 1.77. The highest BCUT2D eigenvalue weighted by Gasteiger charge is 2.23. The zero-order chi connectivity index (χ0) is 14.1. The summed E-state index contributed by atoms with van der Waals surface area (Å²) in [6, 6.07) is 1.78. The molecule has 0 aromatic carbocycles. The van der Waals surface area contributed by atoms with Gasteiger partial charge in [-0.05, 0) is 13.0 Å². The van der Waals surface area contributed by atoms with Crippen molar-refractivity contribution >= 4 is 23.2 Å². The van der Waals surface area contributed by atoms with Crippen LogP contribution >= 0.6 is 11.3 Å². The van der Waals surface area contributed by atoms with Crippen molar-refractivity contribution < 1.29 is 9.59 Å². The maximum atomic E-state index is 12.3. The number of amides is 2. The number of nitrogens with zero attached hydrogens (tertiary/aromatic N) is 2. The minimum atomic E-state index is -0.155. The van der Waals surface area contributed by atoms with Gasteiger partial charge in [0.25, 0.3) is 5.91 Å². The van der Waals surface area contributed by atoms with Crippen LogP contribution in [-0.4, -0.2) is 46.3 Å². The minimum absolute atomic E-state index is 0.114. The predicted molar refractivity (Wildman–Crippen MR) is 75.6 cm³/mol. The molecular formula is C13H14N4O2S. The Morgan fingerprint density at radius 3 is 3.05 bits per heavy atom. The van der Waals surface area contributed by atoms with Crippen LogP contribution in [0.3, 0.4) is 0 Å². The third-order valence-electron chi connectivity index (χ3n) is 3.15. The van der Waals surface area contributed by atoms with Crippen LogP contribution in [-0.2, 0) is 4.79 Å². The summed E-state index contributed by atoms with van der Waals surface area (Å²) < 4.78 is 0. The number of carbonyl (C=O) groups excluding carboxylic acids is 2. The fourth-order valence-corrected chi connectivity index (χ4v) is 2.77. The van der Waals surface area contributed by atoms with Crippen molar-refractivity contribution in [3.8, 4) is 11.3 Å². The third kappa shape index (κ3) is 2.44. The van der Waals surface area contributed by atoms with Crippen molar-refractivity contribution in [1.29, 1.82) is 0 Å². The highest BCUT2D eigenvalue weighted by molar-refractivity contribution is 7.09. The summed E-state index contributed by atoms with van der Waals surface area (Å²) in [5.41, 5.74) is 2.23. The molecule has 3 rings (SSSR count). The van der Waals surface area contributed by atoms with E-state index in [1.54, 1.807) is 28.5 Å². The molecule has 2 aromatic rings. The first-order valence-corrected chi connectivity index (χ1v) is 7.18. The number of H-pyrrole nitrogens is 1. The van der Waals surface area contributed by atoms with Crippen LogP contribution in [0.4, 0.5) is 0 Å². The zero-order valence-electron chi connectivity index (χ0n) is 11.0. The number of thiazole rings is 1. The van der Waals surface area contributed by atoms with Gasteiger partial charge in [0, 0.05) is 30.2 Å². The number of piperazine rings is 1. The smallest absolute Gasteiger partial charge is 0.270 e. The van der Waals surface area contributed by atoms with Gasteiger partial charge in [0.2, 0.25) is 5.91 Å². The molecule has 7 heteroatoms. The van der Waals surface area contributed by atoms with Crippen molar-refractivity contribution in [2.45, 2.75) is 6.92 Å². The number of hydrogen-bond acceptors (Lipinski definition) is 4. The lowest BCUT2D eigenvalue weighted by atomic mass is 10.2. The summed E-state index contributed by atoms with van der Waals surface area (Å²) in [6.45, 7) is 3.10. The van der Waals surface area contributed by atoms with E-state index in [0.717, 1.165) is 16.3 Å². The average molecular weight is 290 g/mol. The highest BCUT2D eigenvalue weighted by Crippen LogP contribution is 2.22. The molecule has 2 amide bonds. The topological polar surface area (TPSA) is 78.1 Å². The van der Waals surface area contributed by atoms with Gasteiger partial charge in [0.05, 0.1) is 17.2 Å². The molecule has 0 bridgehead atoms. The lowest BCUT2D eigenvalue weighted by Gasteiger charge is -2.26. The van der Waals surface area contributed by atoms with Crippen molar-refractivity contribution in [3.63, 3.8) is 0 Å². The van der Waals surface area contributed by atoms with Crippen molar-refractivity contribution in [1.82, 2.24) is 20.2 Å². The van der Waals surface area contributed by atoms with Crippen LogP contribution in [0.5, 0.6) is 0 Å². The van der Waals surface area contributed by atoms with Gasteiger partial charge < -0.3 is 15.2 Å². The maximum absolute atomic E-state index is 12.3. The minimum Gasteiger partial charge on any atom is -0.357 e. The third-order valence-corrected chi connectivity index (χ3v) is 3.93. The number of hydrogen-bond donors (Lipinski definition) is 2. The molecule has 0 aliphatic carbocycles. The van der Waals surface area contributed by atoms with Crippen LogP contribution in [0.15, 0.2) is 17.6 Å². The molecule has 0 spiro atoms. The monoisotopic (exact) mass is 290 g/mol. The van der Waals surface area contributed by atoms with Crippen molar-refractivity contribution in [3.05, 3.63) is 28.3 Å². The van der Waals surface area contributed by atoms with E-state index >= 15 is 0 Å². The standard InChI is InChI=1S/C13H14N4O2S/c1-8-16-11(7-20-8)9-4-10(15-5-9)13(19)17-3-2-14-12(18)6-17/h4-5,7,15H,2-3,6H2,1H3,(H,14,18). The molecule has 1 fully saturated rings. The summed E-state index contributed by atoms with van der Waals surface area (Å²) >= 11 is 1.57. The van der Waals surface area contributed by atoms with Crippen molar-refractivity contribution in [2.24, 2.45) is 0 Å². The Hall–Kier alpha value is -2.15. The van der Waals surface area contributed by atoms with E-state index in [2.05, 4.69) is 15.3 Å². The molecule has 20 heavy (non-hydrogen) atoms. The molecule has 2 aromatic heterocycles. The molecule has 104 valence electrons. The second-order valence-corrected chi connectivity index (χ2v) is 5.69. The van der Waals surface area contributed by atoms with Crippen LogP contribution in [0.1, 0.15) is 15.5 Å². The van der Waals surface area contributed by atoms with Crippen molar-refractivity contribution in [2.75, 3.05) is 19.6 Å². The van der Waals surface area contributed by atoms with Gasteiger partial charge in [-0.15, -0.1) is 11.3 Å². The average Bonchev–Trinajstić information content (AvgIpc) is 3.06. The molecule has 0 unspecified atom stereocenters. The first-order valence-electron chi connectivity index (χ1n) is 6.30. The van der Waals surface area contributed by atoms with E-state index in [-0.39, 0.29) is 18.4 Å². The molecule has 1 saturated heterocycles. The molecule has 1 aliphatic heterocycles. The second-order valence-electron chi connectivity index (χ2n) is 4.63. The number of rotatable bonds is 2. The Morgan fingerprint density at radius 2 is 2.35 bits per heavy atom. The zero-order valence-corrected chi connectivity index (χ0v) is 11.8. The number of aryl methyl sites for hydroxylation is 1. The van der Waals surface area contributed by atoms with Crippen LogP contribution in [0.2, 0.25) is 0 Å². The lowest BCUT2D eigenvalue weighted by molar-refractivity contribution is -0.123. The molecule has 1 aliphatic rings. The molecule has 0 atom stereocenters. The molecule has 6 nitrogen and oxygen atoms in total. The molecular weight excluding hydrogens is 276 g/mol. The predicted octanol–water partition coefficient (Wildman–Crippen LogP) is 1.02. The van der Waals surface area contributed by atoms with Gasteiger partial charge in [-0.2, -0.15) is 0 Å². The Morgan fingerprint density at radius 1 is 1.50 bits per heavy atom. The summed E-state index contributed by atoms with van der Waals surface area (Å²) in [7, 11) is 0. The van der Waals surface area contributed by atoms with Gasteiger partial charge in [-0.3, -0.25) is 9.59 Å². The van der Waals surface area contributed by atoms with E-state index < -0.39 is 0 Å². The number of carbonyl (C=O) groups is 2. The normalized spacial score (nSPS) is 15.2. The first kappa shape index (κ1) is 12.9. The van der Waals surface area contributed by atoms with E-state index in [0.29, 0.717) is 18.8 Å². The first-order chi connectivity index (χ1) is 9.63. The quantitative estimate of drug-likeness (QED) is 0.866. The second kappa shape index (κ2) is 5.09. The molecule has 3 heterocycles. The number of nitrogens with one attached hydrogen (secondary N) is 2. The van der Waals surface area contributed by atoms with E-state index in [4.69, 9.17) is 0 Å². The van der Waals surface area contributed by atoms with Crippen LogP contribution in [0, 0.1) is 6.92 Å². The lowest BCUT2D eigenvalue weighted by Crippen LogP contribution is -2.50. The van der Waals surface area contributed by atoms with Gasteiger partial charge in [-0.1, -0.05) is 0 Å². The van der Waals surface area contributed by atoms with E-state index in [1.165, 1.54) is 0 Å². The SMILES string of the molecule is Cc1nc(-c2c[nH]c(C(=O)N3CCNC(=O)C3)c2)cs1. The Bertz CT molecular complexity index is 661. The van der Waals surface area contributed by atoms with E-state index in [9.17, 15) is 9.59 Å². The summed E-state index contributed by atoms with van der Waals surface area (Å²) in [5, 5.41) is 5.65. The molecule has 0 radical (unpaired) electrons. The fourth-order valence-electron chi connectivity index (χ4n) is 2.14. The van der Waals surface area contributed by atoms with Crippen LogP contribution in [0.25, 0.3) is 11.3 Å². The fraction of sp³-hybridized carbons (Fsp3) is 0.308. The van der Waals surface area contributed by atoms with Gasteiger partial charge in [0.1, 0.15) is 5.69 Å². The van der Waals surface area contributed by atoms with Gasteiger partial charge >= 0.3 is 0 Å². The largest absolute Gasteiger partial charge is 0.357 e. The number of aromatic nitrogens is 2. The summed E-state index contributed by atoms with van der Waals surface area (Å²) in [4.78, 5) is 32.5. The van der Waals surface area contributed by atoms with Crippen LogP contribution < -0.4 is 5.32 Å². The highest BCUT2D eigenvalue weighted by atomic mass is 32.1. The number of aromatic amines is 1. The maximum Gasteiger partial charge on any atom is 0.270 e. The Balaban J connectivity index is 1.79. The summed E-state index contributed by atoms with van der Waals surface area (Å²) in [5.74, 6) is -0.274. The van der Waals surface area contributed by atoms with E-state index in [1.807, 2.05) is 12.3 Å². The Kier molecular flexibility index (Phi) is 3.27. The van der Waals surface area contributed by atoms with Gasteiger partial charge in [-0.25, -0.2) is 4.98 Å². The van der Waals surface area contributed by atoms with Gasteiger partial charge in [0.15, 0.2) is 0 Å². The Labute approximate surface area is 119 Å². The molecule has 0 saturated carbocycles.